The van der Waals surface area contributed by atoms with E-state index in [4.69, 9.17) is 4.74 Å². The summed E-state index contributed by atoms with van der Waals surface area (Å²) in [6, 6.07) is 0. The average Bonchev–Trinajstić information content (AvgIpc) is 2.27. The molecule has 15 heavy (non-hydrogen) atoms. The van der Waals surface area contributed by atoms with Gasteiger partial charge >= 0.3 is 5.97 Å². The summed E-state index contributed by atoms with van der Waals surface area (Å²) >= 11 is 0. The summed E-state index contributed by atoms with van der Waals surface area (Å²) < 4.78 is 4.69. The molecule has 0 bridgehead atoms. The first kappa shape index (κ1) is 14.2. The second-order valence-corrected chi connectivity index (χ2v) is 3.82. The fourth-order valence-electron chi connectivity index (χ4n) is 1.59. The number of methoxy groups -OCH3 is 1. The standard InChI is InChI=1S/C13H24O2/c1-4-6-7-8-9-10-11-12(5-2)13(14)15-3/h5H,4,6-11H2,1-3H3/b12-5+. The zero-order chi connectivity index (χ0) is 11.5. The van der Waals surface area contributed by atoms with Gasteiger partial charge in [0, 0.05) is 5.57 Å². The molecule has 0 aliphatic heterocycles. The van der Waals surface area contributed by atoms with E-state index in [0.29, 0.717) is 0 Å². The molecule has 0 spiro atoms. The van der Waals surface area contributed by atoms with Gasteiger partial charge < -0.3 is 4.74 Å². The largest absolute Gasteiger partial charge is 0.466 e. The third-order valence-electron chi connectivity index (χ3n) is 2.60. The molecule has 0 aromatic heterocycles. The van der Waals surface area contributed by atoms with Crippen molar-refractivity contribution >= 4 is 5.97 Å². The van der Waals surface area contributed by atoms with E-state index in [-0.39, 0.29) is 5.97 Å². The predicted molar refractivity (Wildman–Crippen MR) is 63.8 cm³/mol. The number of unbranched alkanes of at least 4 members (excludes halogenated alkanes) is 5. The molecule has 0 radical (unpaired) electrons. The van der Waals surface area contributed by atoms with Crippen molar-refractivity contribution in [2.45, 2.75) is 58.8 Å². The molecule has 2 nitrogen and oxygen atoms in total. The van der Waals surface area contributed by atoms with Crippen molar-refractivity contribution in [1.29, 1.82) is 0 Å². The lowest BCUT2D eigenvalue weighted by Crippen LogP contribution is -2.04. The summed E-state index contributed by atoms with van der Waals surface area (Å²) in [6.07, 6.45) is 10.2. The van der Waals surface area contributed by atoms with E-state index in [0.717, 1.165) is 18.4 Å². The Hall–Kier alpha value is -0.790. The van der Waals surface area contributed by atoms with Crippen LogP contribution < -0.4 is 0 Å². The van der Waals surface area contributed by atoms with Gasteiger partial charge in [-0.05, 0) is 19.8 Å². The van der Waals surface area contributed by atoms with Crippen molar-refractivity contribution in [2.24, 2.45) is 0 Å². The van der Waals surface area contributed by atoms with Crippen LogP contribution in [0.15, 0.2) is 11.6 Å². The smallest absolute Gasteiger partial charge is 0.333 e. The molecule has 0 atom stereocenters. The second-order valence-electron chi connectivity index (χ2n) is 3.82. The van der Waals surface area contributed by atoms with Crippen LogP contribution in [0.1, 0.15) is 58.8 Å². The Balaban J connectivity index is 3.52. The Bertz CT molecular complexity index is 195. The van der Waals surface area contributed by atoms with Gasteiger partial charge in [-0.25, -0.2) is 4.79 Å². The topological polar surface area (TPSA) is 26.3 Å². The predicted octanol–water partition coefficient (Wildman–Crippen LogP) is 3.86. The minimum atomic E-state index is -0.175. The van der Waals surface area contributed by atoms with Crippen molar-refractivity contribution < 1.29 is 9.53 Å². The summed E-state index contributed by atoms with van der Waals surface area (Å²) in [5.41, 5.74) is 0.813. The van der Waals surface area contributed by atoms with Gasteiger partial charge in [0.2, 0.25) is 0 Å². The molecule has 0 saturated carbocycles. The summed E-state index contributed by atoms with van der Waals surface area (Å²) in [7, 11) is 1.44. The van der Waals surface area contributed by atoms with Crippen LogP contribution in [0.3, 0.4) is 0 Å². The van der Waals surface area contributed by atoms with E-state index in [9.17, 15) is 4.79 Å². The molecule has 0 aliphatic carbocycles. The van der Waals surface area contributed by atoms with Gasteiger partial charge in [0.15, 0.2) is 0 Å². The molecule has 0 amide bonds. The number of carbonyl (C=O) groups is 1. The lowest BCUT2D eigenvalue weighted by Gasteiger charge is -2.04. The van der Waals surface area contributed by atoms with Gasteiger partial charge in [0.1, 0.15) is 0 Å². The van der Waals surface area contributed by atoms with Gasteiger partial charge in [-0.1, -0.05) is 45.1 Å². The van der Waals surface area contributed by atoms with E-state index in [2.05, 4.69) is 6.92 Å². The van der Waals surface area contributed by atoms with Crippen LogP contribution in [0.25, 0.3) is 0 Å². The van der Waals surface area contributed by atoms with E-state index in [1.165, 1.54) is 39.2 Å². The summed E-state index contributed by atoms with van der Waals surface area (Å²) in [5.74, 6) is -0.175. The summed E-state index contributed by atoms with van der Waals surface area (Å²) in [4.78, 5) is 11.2. The third-order valence-corrected chi connectivity index (χ3v) is 2.60. The number of allylic oxidation sites excluding steroid dienone is 1. The first-order chi connectivity index (χ1) is 7.26. The monoisotopic (exact) mass is 212 g/mol. The van der Waals surface area contributed by atoms with Crippen molar-refractivity contribution in [3.63, 3.8) is 0 Å². The number of hydrogen-bond donors (Lipinski definition) is 0. The first-order valence-electron chi connectivity index (χ1n) is 5.99. The number of esters is 1. The molecule has 0 aromatic rings. The first-order valence-corrected chi connectivity index (χ1v) is 5.99. The van der Waals surface area contributed by atoms with Gasteiger partial charge in [-0.3, -0.25) is 0 Å². The Labute approximate surface area is 93.7 Å². The zero-order valence-electron chi connectivity index (χ0n) is 10.3. The minimum absolute atomic E-state index is 0.175. The average molecular weight is 212 g/mol. The molecule has 0 N–H and O–H groups in total. The van der Waals surface area contributed by atoms with Gasteiger partial charge in [0.25, 0.3) is 0 Å². The van der Waals surface area contributed by atoms with Crippen LogP contribution >= 0.6 is 0 Å². The van der Waals surface area contributed by atoms with Crippen molar-refractivity contribution in [1.82, 2.24) is 0 Å². The highest BCUT2D eigenvalue weighted by molar-refractivity contribution is 5.88. The summed E-state index contributed by atoms with van der Waals surface area (Å²) in [6.45, 7) is 4.11. The van der Waals surface area contributed by atoms with Gasteiger partial charge in [-0.2, -0.15) is 0 Å². The van der Waals surface area contributed by atoms with Crippen molar-refractivity contribution in [2.75, 3.05) is 7.11 Å². The Morgan fingerprint density at radius 1 is 1.13 bits per heavy atom. The number of rotatable bonds is 8. The Morgan fingerprint density at radius 3 is 2.27 bits per heavy atom. The Morgan fingerprint density at radius 2 is 1.73 bits per heavy atom. The fourth-order valence-corrected chi connectivity index (χ4v) is 1.59. The van der Waals surface area contributed by atoms with Crippen LogP contribution in [0, 0.1) is 0 Å². The van der Waals surface area contributed by atoms with Crippen molar-refractivity contribution in [3.8, 4) is 0 Å². The number of hydrogen-bond acceptors (Lipinski definition) is 2. The van der Waals surface area contributed by atoms with Crippen LogP contribution in [-0.2, 0) is 9.53 Å². The molecular formula is C13H24O2. The molecular weight excluding hydrogens is 188 g/mol. The van der Waals surface area contributed by atoms with E-state index in [1.54, 1.807) is 0 Å². The lowest BCUT2D eigenvalue weighted by molar-refractivity contribution is -0.136. The van der Waals surface area contributed by atoms with Crippen LogP contribution in [0.4, 0.5) is 0 Å². The van der Waals surface area contributed by atoms with Gasteiger partial charge in [-0.15, -0.1) is 0 Å². The normalized spacial score (nSPS) is 11.5. The van der Waals surface area contributed by atoms with Crippen LogP contribution in [0.5, 0.6) is 0 Å². The SMILES string of the molecule is C/C=C(\CCCCCCCC)C(=O)OC. The molecule has 0 unspecified atom stereocenters. The number of ether oxygens (including phenoxy) is 1. The maximum absolute atomic E-state index is 11.2. The summed E-state index contributed by atoms with van der Waals surface area (Å²) in [5, 5.41) is 0. The molecule has 88 valence electrons. The highest BCUT2D eigenvalue weighted by Crippen LogP contribution is 2.12. The minimum Gasteiger partial charge on any atom is -0.466 e. The highest BCUT2D eigenvalue weighted by atomic mass is 16.5. The molecule has 0 rings (SSSR count). The molecule has 0 fully saturated rings. The van der Waals surface area contributed by atoms with E-state index in [1.807, 2.05) is 13.0 Å². The second kappa shape index (κ2) is 9.75. The molecule has 2 heteroatoms. The van der Waals surface area contributed by atoms with Gasteiger partial charge in [0.05, 0.1) is 7.11 Å². The zero-order valence-corrected chi connectivity index (χ0v) is 10.3. The Kier molecular flexibility index (Phi) is 9.24. The number of carbonyl (C=O) groups excluding carboxylic acids is 1. The van der Waals surface area contributed by atoms with E-state index < -0.39 is 0 Å². The lowest BCUT2D eigenvalue weighted by atomic mass is 10.1. The highest BCUT2D eigenvalue weighted by Gasteiger charge is 2.06. The van der Waals surface area contributed by atoms with Crippen molar-refractivity contribution in [3.05, 3.63) is 11.6 Å². The molecule has 0 aliphatic rings. The third kappa shape index (κ3) is 7.18. The maximum atomic E-state index is 11.2. The molecule has 0 saturated heterocycles. The van der Waals surface area contributed by atoms with Crippen LogP contribution in [-0.4, -0.2) is 13.1 Å². The molecule has 0 aromatic carbocycles. The van der Waals surface area contributed by atoms with E-state index >= 15 is 0 Å². The quantitative estimate of drug-likeness (QED) is 0.347. The van der Waals surface area contributed by atoms with Crippen LogP contribution in [0.2, 0.25) is 0 Å². The fraction of sp³-hybridized carbons (Fsp3) is 0.769. The maximum Gasteiger partial charge on any atom is 0.333 e. The molecule has 0 heterocycles.